The lowest BCUT2D eigenvalue weighted by Gasteiger charge is -2.35. The summed E-state index contributed by atoms with van der Waals surface area (Å²) in [5.74, 6) is -2.66. The molecular weight excluding hydrogens is 528 g/mol. The molecule has 1 heterocycles. The molecule has 0 unspecified atom stereocenters. The Hall–Kier alpha value is -4.37. The van der Waals surface area contributed by atoms with Crippen molar-refractivity contribution < 1.29 is 40.1 Å². The second-order valence-corrected chi connectivity index (χ2v) is 8.51. The number of nitrogens with one attached hydrogen (secondary N) is 1. The Labute approximate surface area is 206 Å². The lowest BCUT2D eigenvalue weighted by atomic mass is 9.94. The average Bonchev–Trinajstić information content (AvgIpc) is 2.82. The number of anilines is 1. The van der Waals surface area contributed by atoms with Crippen LogP contribution in [0.2, 0.25) is 0 Å². The molecule has 0 saturated carbocycles. The Morgan fingerprint density at radius 2 is 1.76 bits per heavy atom. The molecule has 0 spiro atoms. The Morgan fingerprint density at radius 3 is 2.32 bits per heavy atom. The van der Waals surface area contributed by atoms with Crippen LogP contribution in [0.3, 0.4) is 0 Å². The molecule has 0 radical (unpaired) electrons. The van der Waals surface area contributed by atoms with E-state index in [-0.39, 0.29) is 28.1 Å². The number of halogens is 6. The molecule has 3 amide bonds. The number of allylic oxidation sites excluding steroid dienone is 1. The number of hydrogen-bond donors (Lipinski definition) is 1. The first kappa shape index (κ1) is 27.2. The van der Waals surface area contributed by atoms with Gasteiger partial charge in [-0.2, -0.15) is 47.5 Å². The number of carbonyl (C=O) groups excluding carboxylic acids is 2. The summed E-state index contributed by atoms with van der Waals surface area (Å²) >= 11 is 0. The zero-order valence-corrected chi connectivity index (χ0v) is 19.1. The van der Waals surface area contributed by atoms with Crippen LogP contribution in [0, 0.1) is 22.7 Å². The van der Waals surface area contributed by atoms with Crippen molar-refractivity contribution in [1.29, 1.82) is 10.5 Å². The van der Waals surface area contributed by atoms with Gasteiger partial charge in [0.25, 0.3) is 0 Å². The molecule has 1 N–H and O–H groups in total. The topological polar surface area (TPSA) is 126 Å². The molecule has 0 aliphatic carbocycles. The fourth-order valence-corrected chi connectivity index (χ4v) is 4.39. The highest BCUT2D eigenvalue weighted by Gasteiger charge is 2.38. The number of hydrogen-bond acceptors (Lipinski definition) is 6. The second-order valence-electron chi connectivity index (χ2n) is 7.38. The molecule has 2 aromatic carbocycles. The third-order valence-corrected chi connectivity index (χ3v) is 6.15. The van der Waals surface area contributed by atoms with Gasteiger partial charge in [-0.15, -0.1) is 0 Å². The van der Waals surface area contributed by atoms with Crippen molar-refractivity contribution in [1.82, 2.24) is 5.32 Å². The standard InChI is InChI=1S/C22H12F6N5O3S/c1-11-16(10-30)18(31-20(35)33(11)14-4-2-3-13(8-14)21(23,24)25)15-6-5-12(9-29)7-17(15)37(36)32-19(34)22(26,27)28/h2-8,18H,1H3,(H,31,35)/q-1/t18-/m1/s1. The minimum atomic E-state index is -5.43. The first-order valence-corrected chi connectivity index (χ1v) is 11.0. The number of carbonyl (C=O) groups is 2. The zero-order chi connectivity index (χ0) is 27.7. The molecule has 0 bridgehead atoms. The Morgan fingerprint density at radius 1 is 1.08 bits per heavy atom. The van der Waals surface area contributed by atoms with Gasteiger partial charge in [-0.1, -0.05) is 23.1 Å². The van der Waals surface area contributed by atoms with Crippen LogP contribution in [-0.2, 0) is 25.8 Å². The van der Waals surface area contributed by atoms with E-state index in [1.165, 1.54) is 13.0 Å². The fraction of sp³-hybridized carbons (Fsp3) is 0.182. The Bertz CT molecular complexity index is 1490. The van der Waals surface area contributed by atoms with Crippen LogP contribution < -0.4 is 10.2 Å². The van der Waals surface area contributed by atoms with E-state index in [1.807, 2.05) is 0 Å². The van der Waals surface area contributed by atoms with Gasteiger partial charge in [0.1, 0.15) is 0 Å². The zero-order valence-electron chi connectivity index (χ0n) is 18.3. The van der Waals surface area contributed by atoms with Crippen molar-refractivity contribution in [3.8, 4) is 12.1 Å². The smallest absolute Gasteiger partial charge is 0.440 e. The Balaban J connectivity index is 2.18. The van der Waals surface area contributed by atoms with E-state index in [4.69, 9.17) is 5.26 Å². The van der Waals surface area contributed by atoms with Gasteiger partial charge in [-0.3, -0.25) is 9.69 Å². The summed E-state index contributed by atoms with van der Waals surface area (Å²) in [6.07, 6.45) is -10.2. The summed E-state index contributed by atoms with van der Waals surface area (Å²) in [5.41, 5.74) is -2.07. The number of nitrogens with zero attached hydrogens (tertiary/aromatic N) is 4. The molecule has 1 aliphatic rings. The molecule has 1 atom stereocenters. The number of rotatable bonds is 3. The summed E-state index contributed by atoms with van der Waals surface area (Å²) in [6, 6.07) is 7.87. The van der Waals surface area contributed by atoms with Crippen molar-refractivity contribution in [3.05, 3.63) is 70.4 Å². The summed E-state index contributed by atoms with van der Waals surface area (Å²) < 4.78 is 92.6. The molecule has 1 aliphatic heterocycles. The van der Waals surface area contributed by atoms with Crippen molar-refractivity contribution >= 4 is 28.2 Å². The number of nitriles is 2. The van der Waals surface area contributed by atoms with E-state index in [2.05, 4.69) is 9.68 Å². The van der Waals surface area contributed by atoms with Crippen LogP contribution in [0.5, 0.6) is 0 Å². The number of urea groups is 1. The molecule has 0 saturated heterocycles. The molecule has 192 valence electrons. The lowest BCUT2D eigenvalue weighted by molar-refractivity contribution is -0.169. The van der Waals surface area contributed by atoms with Crippen molar-refractivity contribution in [2.24, 2.45) is 4.36 Å². The van der Waals surface area contributed by atoms with Gasteiger partial charge >= 0.3 is 24.3 Å². The Kier molecular flexibility index (Phi) is 7.32. The number of amides is 3. The molecule has 0 fully saturated rings. The van der Waals surface area contributed by atoms with E-state index in [0.717, 1.165) is 35.2 Å². The fourth-order valence-electron chi connectivity index (χ4n) is 3.42. The highest BCUT2D eigenvalue weighted by Crippen LogP contribution is 2.37. The molecule has 0 aromatic heterocycles. The maximum absolute atomic E-state index is 13.2. The van der Waals surface area contributed by atoms with Gasteiger partial charge in [0, 0.05) is 5.70 Å². The quantitative estimate of drug-likeness (QED) is 0.421. The van der Waals surface area contributed by atoms with Crippen LogP contribution in [0.15, 0.2) is 63.0 Å². The largest absolute Gasteiger partial charge is 0.471 e. The minimum absolute atomic E-state index is 0.125. The van der Waals surface area contributed by atoms with Crippen molar-refractivity contribution in [2.75, 3.05) is 4.90 Å². The first-order valence-electron chi connectivity index (χ1n) is 9.86. The SMILES string of the molecule is CC1=C(C#N)[C@@H](c2ccc(C#N)cc2[S-](=O)=NC(=O)C(F)(F)F)NC(=O)N1c1cccc(C(F)(F)F)c1. The van der Waals surface area contributed by atoms with E-state index in [9.17, 15) is 45.4 Å². The highest BCUT2D eigenvalue weighted by molar-refractivity contribution is 7.75. The van der Waals surface area contributed by atoms with Gasteiger partial charge in [-0.05, 0) is 36.8 Å². The van der Waals surface area contributed by atoms with E-state index >= 15 is 0 Å². The van der Waals surface area contributed by atoms with Crippen molar-refractivity contribution in [2.45, 2.75) is 30.2 Å². The maximum Gasteiger partial charge on any atom is 0.471 e. The van der Waals surface area contributed by atoms with E-state index in [1.54, 1.807) is 12.1 Å². The van der Waals surface area contributed by atoms with Gasteiger partial charge in [0.05, 0.1) is 40.6 Å². The first-order chi connectivity index (χ1) is 17.2. The van der Waals surface area contributed by atoms with Gasteiger partial charge < -0.3 is 13.9 Å². The summed E-state index contributed by atoms with van der Waals surface area (Å²) in [4.78, 5) is 24.4. The summed E-state index contributed by atoms with van der Waals surface area (Å²) in [7, 11) is -3.00. The van der Waals surface area contributed by atoms with Crippen LogP contribution >= 0.6 is 0 Å². The second kappa shape index (κ2) is 9.94. The summed E-state index contributed by atoms with van der Waals surface area (Å²) in [6.45, 7) is 1.25. The average molecular weight is 540 g/mol. The third kappa shape index (κ3) is 5.57. The molecule has 8 nitrogen and oxygen atoms in total. The minimum Gasteiger partial charge on any atom is -0.440 e. The van der Waals surface area contributed by atoms with Gasteiger partial charge in [0.15, 0.2) is 0 Å². The van der Waals surface area contributed by atoms with Crippen LogP contribution in [-0.4, -0.2) is 18.1 Å². The third-order valence-electron chi connectivity index (χ3n) is 5.09. The van der Waals surface area contributed by atoms with Gasteiger partial charge in [-0.25, -0.2) is 4.79 Å². The molecule has 3 rings (SSSR count). The molecule has 15 heteroatoms. The normalized spacial score (nSPS) is 17.2. The van der Waals surface area contributed by atoms with Crippen LogP contribution in [0.25, 0.3) is 0 Å². The predicted octanol–water partition coefficient (Wildman–Crippen LogP) is 5.24. The van der Waals surface area contributed by atoms with E-state index < -0.39 is 51.4 Å². The lowest BCUT2D eigenvalue weighted by Crippen LogP contribution is -2.46. The number of benzene rings is 2. The highest BCUT2D eigenvalue weighted by atomic mass is 32.2. The molecule has 2 aromatic rings. The molecule has 37 heavy (non-hydrogen) atoms. The van der Waals surface area contributed by atoms with Gasteiger partial charge in [0.2, 0.25) is 0 Å². The molecular formula is C22H12F6N5O3S-. The van der Waals surface area contributed by atoms with Crippen LogP contribution in [0.1, 0.15) is 29.7 Å². The summed E-state index contributed by atoms with van der Waals surface area (Å²) in [5, 5.41) is 21.3. The van der Waals surface area contributed by atoms with E-state index in [0.29, 0.717) is 6.07 Å². The monoisotopic (exact) mass is 540 g/mol. The maximum atomic E-state index is 13.2. The predicted molar refractivity (Wildman–Crippen MR) is 114 cm³/mol. The number of alkyl halides is 6. The van der Waals surface area contributed by atoms with Crippen LogP contribution in [0.4, 0.5) is 36.8 Å². The van der Waals surface area contributed by atoms with Crippen molar-refractivity contribution in [3.63, 3.8) is 0 Å².